The average molecular weight is 228 g/mol. The van der Waals surface area contributed by atoms with Gasteiger partial charge in [-0.3, -0.25) is 4.79 Å². The highest BCUT2D eigenvalue weighted by molar-refractivity contribution is 6.08. The van der Waals surface area contributed by atoms with Gasteiger partial charge in [-0.05, 0) is 23.3 Å². The molecular formula is C12H8N2O3. The average Bonchev–Trinajstić information content (AvgIpc) is 2.72. The fraction of sp³-hybridized carbons (Fsp3) is 0.0833. The van der Waals surface area contributed by atoms with Gasteiger partial charge in [0.05, 0.1) is 18.1 Å². The fourth-order valence-electron chi connectivity index (χ4n) is 1.68. The number of carbonyl (C=O) groups excluding carboxylic acids is 1. The Labute approximate surface area is 97.0 Å². The van der Waals surface area contributed by atoms with E-state index in [9.17, 15) is 9.59 Å². The molecule has 17 heavy (non-hydrogen) atoms. The SMILES string of the molecule is N#Cc1ccc(C2=C(C(=O)O)NC(=O)C2)cc1. The minimum absolute atomic E-state index is 0.0491. The first kappa shape index (κ1) is 10.9. The Bertz CT molecular complexity index is 564. The second-order valence-electron chi connectivity index (χ2n) is 3.57. The van der Waals surface area contributed by atoms with Gasteiger partial charge in [0.25, 0.3) is 0 Å². The van der Waals surface area contributed by atoms with Crippen LogP contribution in [0, 0.1) is 11.3 Å². The lowest BCUT2D eigenvalue weighted by Gasteiger charge is -2.02. The number of carbonyl (C=O) groups is 2. The zero-order valence-corrected chi connectivity index (χ0v) is 8.73. The standard InChI is InChI=1S/C12H8N2O3/c13-6-7-1-3-8(4-2-7)9-5-10(15)14-11(9)12(16)17/h1-4H,5H2,(H,14,15)(H,16,17). The number of nitrogens with zero attached hydrogens (tertiary/aromatic N) is 1. The van der Waals surface area contributed by atoms with Gasteiger partial charge in [0, 0.05) is 0 Å². The first-order valence-electron chi connectivity index (χ1n) is 4.88. The molecule has 2 rings (SSSR count). The Morgan fingerprint density at radius 2 is 2.00 bits per heavy atom. The summed E-state index contributed by atoms with van der Waals surface area (Å²) >= 11 is 0. The molecule has 0 unspecified atom stereocenters. The van der Waals surface area contributed by atoms with E-state index in [4.69, 9.17) is 10.4 Å². The van der Waals surface area contributed by atoms with Gasteiger partial charge in [0.1, 0.15) is 5.70 Å². The molecule has 0 atom stereocenters. The zero-order chi connectivity index (χ0) is 12.4. The van der Waals surface area contributed by atoms with Crippen LogP contribution in [0.15, 0.2) is 30.0 Å². The number of hydrogen-bond acceptors (Lipinski definition) is 3. The smallest absolute Gasteiger partial charge is 0.352 e. The van der Waals surface area contributed by atoms with Gasteiger partial charge in [-0.15, -0.1) is 0 Å². The van der Waals surface area contributed by atoms with Crippen LogP contribution >= 0.6 is 0 Å². The molecule has 0 bridgehead atoms. The Morgan fingerprint density at radius 3 is 2.53 bits per heavy atom. The van der Waals surface area contributed by atoms with Crippen molar-refractivity contribution in [3.63, 3.8) is 0 Å². The summed E-state index contributed by atoms with van der Waals surface area (Å²) in [6.07, 6.45) is 0.0491. The van der Waals surface area contributed by atoms with Gasteiger partial charge in [-0.1, -0.05) is 12.1 Å². The normalized spacial score (nSPS) is 14.4. The second-order valence-corrected chi connectivity index (χ2v) is 3.57. The third-order valence-corrected chi connectivity index (χ3v) is 2.48. The molecule has 0 aliphatic carbocycles. The summed E-state index contributed by atoms with van der Waals surface area (Å²) in [7, 11) is 0. The van der Waals surface area contributed by atoms with E-state index in [2.05, 4.69) is 5.32 Å². The van der Waals surface area contributed by atoms with E-state index in [1.165, 1.54) is 0 Å². The number of benzene rings is 1. The van der Waals surface area contributed by atoms with Gasteiger partial charge in [0.15, 0.2) is 0 Å². The van der Waals surface area contributed by atoms with E-state index in [-0.39, 0.29) is 18.0 Å². The lowest BCUT2D eigenvalue weighted by Crippen LogP contribution is -2.20. The molecule has 1 aromatic carbocycles. The summed E-state index contributed by atoms with van der Waals surface area (Å²) in [5, 5.41) is 19.9. The monoisotopic (exact) mass is 228 g/mol. The number of nitriles is 1. The third kappa shape index (κ3) is 2.01. The lowest BCUT2D eigenvalue weighted by molar-refractivity contribution is -0.134. The van der Waals surface area contributed by atoms with Crippen molar-refractivity contribution in [2.45, 2.75) is 6.42 Å². The van der Waals surface area contributed by atoms with Crippen molar-refractivity contribution in [2.24, 2.45) is 0 Å². The van der Waals surface area contributed by atoms with Gasteiger partial charge in [-0.2, -0.15) is 5.26 Å². The van der Waals surface area contributed by atoms with Crippen LogP contribution in [-0.4, -0.2) is 17.0 Å². The number of nitrogens with one attached hydrogen (secondary N) is 1. The summed E-state index contributed by atoms with van der Waals surface area (Å²) in [5.74, 6) is -1.49. The largest absolute Gasteiger partial charge is 0.477 e. The lowest BCUT2D eigenvalue weighted by atomic mass is 10.0. The minimum atomic E-state index is -1.16. The van der Waals surface area contributed by atoms with E-state index in [1.54, 1.807) is 24.3 Å². The number of carboxylic acids is 1. The predicted molar refractivity (Wildman–Crippen MR) is 58.5 cm³/mol. The number of rotatable bonds is 2. The Morgan fingerprint density at radius 1 is 1.35 bits per heavy atom. The van der Waals surface area contributed by atoms with E-state index in [0.29, 0.717) is 16.7 Å². The van der Waals surface area contributed by atoms with E-state index in [1.807, 2.05) is 6.07 Å². The number of carboxylic acid groups (broad SMARTS) is 1. The molecule has 0 radical (unpaired) electrons. The fourth-order valence-corrected chi connectivity index (χ4v) is 1.68. The molecule has 5 heteroatoms. The van der Waals surface area contributed by atoms with E-state index < -0.39 is 5.97 Å². The highest BCUT2D eigenvalue weighted by atomic mass is 16.4. The maximum atomic E-state index is 11.2. The first-order valence-corrected chi connectivity index (χ1v) is 4.88. The van der Waals surface area contributed by atoms with Crippen molar-refractivity contribution < 1.29 is 14.7 Å². The Hall–Kier alpha value is -2.61. The van der Waals surface area contributed by atoms with Crippen LogP contribution in [0.2, 0.25) is 0 Å². The Balaban J connectivity index is 2.44. The Kier molecular flexibility index (Phi) is 2.63. The summed E-state index contributed by atoms with van der Waals surface area (Å²) in [6, 6.07) is 8.42. The summed E-state index contributed by atoms with van der Waals surface area (Å²) in [5.41, 5.74) is 1.50. The summed E-state index contributed by atoms with van der Waals surface area (Å²) in [6.45, 7) is 0. The van der Waals surface area contributed by atoms with Crippen LogP contribution in [0.5, 0.6) is 0 Å². The molecular weight excluding hydrogens is 220 g/mol. The van der Waals surface area contributed by atoms with Crippen molar-refractivity contribution >= 4 is 17.4 Å². The molecule has 1 aliphatic heterocycles. The second kappa shape index (κ2) is 4.10. The first-order chi connectivity index (χ1) is 8.11. The topological polar surface area (TPSA) is 90.2 Å². The number of aliphatic carboxylic acids is 1. The van der Waals surface area contributed by atoms with Crippen LogP contribution in [0.4, 0.5) is 0 Å². The minimum Gasteiger partial charge on any atom is -0.477 e. The number of amides is 1. The molecule has 1 heterocycles. The zero-order valence-electron chi connectivity index (χ0n) is 8.73. The van der Waals surface area contributed by atoms with Crippen molar-refractivity contribution in [3.05, 3.63) is 41.1 Å². The van der Waals surface area contributed by atoms with Gasteiger partial charge in [0.2, 0.25) is 5.91 Å². The molecule has 1 aromatic rings. The predicted octanol–water partition coefficient (Wildman–Crippen LogP) is 0.874. The molecule has 0 fully saturated rings. The summed E-state index contributed by atoms with van der Waals surface area (Å²) < 4.78 is 0. The molecule has 1 amide bonds. The molecule has 0 spiro atoms. The maximum Gasteiger partial charge on any atom is 0.352 e. The van der Waals surface area contributed by atoms with E-state index in [0.717, 1.165) is 0 Å². The summed E-state index contributed by atoms with van der Waals surface area (Å²) in [4.78, 5) is 22.1. The molecule has 5 nitrogen and oxygen atoms in total. The van der Waals surface area contributed by atoms with Crippen LogP contribution in [-0.2, 0) is 9.59 Å². The quantitative estimate of drug-likeness (QED) is 0.785. The van der Waals surface area contributed by atoms with Crippen molar-refractivity contribution in [3.8, 4) is 6.07 Å². The van der Waals surface area contributed by atoms with Crippen molar-refractivity contribution in [1.29, 1.82) is 5.26 Å². The molecule has 2 N–H and O–H groups in total. The third-order valence-electron chi connectivity index (χ3n) is 2.48. The van der Waals surface area contributed by atoms with Gasteiger partial charge in [-0.25, -0.2) is 4.79 Å². The molecule has 0 aromatic heterocycles. The van der Waals surface area contributed by atoms with Crippen LogP contribution in [0.25, 0.3) is 5.57 Å². The van der Waals surface area contributed by atoms with Crippen LogP contribution in [0.3, 0.4) is 0 Å². The number of hydrogen-bond donors (Lipinski definition) is 2. The highest BCUT2D eigenvalue weighted by Crippen LogP contribution is 2.26. The van der Waals surface area contributed by atoms with Gasteiger partial charge < -0.3 is 10.4 Å². The van der Waals surface area contributed by atoms with Crippen LogP contribution in [0.1, 0.15) is 17.5 Å². The van der Waals surface area contributed by atoms with Crippen molar-refractivity contribution in [1.82, 2.24) is 5.32 Å². The van der Waals surface area contributed by atoms with Crippen LogP contribution < -0.4 is 5.32 Å². The van der Waals surface area contributed by atoms with Gasteiger partial charge >= 0.3 is 5.97 Å². The maximum absolute atomic E-state index is 11.2. The molecule has 0 saturated heterocycles. The molecule has 84 valence electrons. The van der Waals surface area contributed by atoms with Crippen molar-refractivity contribution in [2.75, 3.05) is 0 Å². The van der Waals surface area contributed by atoms with E-state index >= 15 is 0 Å². The molecule has 0 saturated carbocycles. The molecule has 1 aliphatic rings. The highest BCUT2D eigenvalue weighted by Gasteiger charge is 2.26.